The minimum absolute atomic E-state index is 0.543. The first kappa shape index (κ1) is 11.8. The van der Waals surface area contributed by atoms with Gasteiger partial charge >= 0.3 is 0 Å². The van der Waals surface area contributed by atoms with Crippen molar-refractivity contribution in [2.45, 2.75) is 6.92 Å². The van der Waals surface area contributed by atoms with E-state index >= 15 is 0 Å². The van der Waals surface area contributed by atoms with E-state index in [4.69, 9.17) is 16.0 Å². The molecule has 0 fully saturated rings. The lowest BCUT2D eigenvalue weighted by Gasteiger charge is -1.99. The van der Waals surface area contributed by atoms with Gasteiger partial charge in [0.15, 0.2) is 5.58 Å². The lowest BCUT2D eigenvalue weighted by Crippen LogP contribution is -1.79. The predicted octanol–water partition coefficient (Wildman–Crippen LogP) is 5.22. The van der Waals surface area contributed by atoms with Crippen LogP contribution in [-0.4, -0.2) is 4.98 Å². The van der Waals surface area contributed by atoms with Crippen LogP contribution in [0.1, 0.15) is 5.56 Å². The van der Waals surface area contributed by atoms with E-state index < -0.39 is 0 Å². The first-order chi connectivity index (χ1) is 8.63. The summed E-state index contributed by atoms with van der Waals surface area (Å²) in [5.74, 6) is 0.543. The number of oxazole rings is 1. The fourth-order valence-corrected chi connectivity index (χ4v) is 2.37. The molecule has 0 spiro atoms. The Kier molecular flexibility index (Phi) is 2.88. The molecule has 0 unspecified atom stereocenters. The molecule has 0 aliphatic carbocycles. The van der Waals surface area contributed by atoms with E-state index in [2.05, 4.69) is 20.9 Å². The number of nitrogens with zero attached hydrogens (tertiary/aromatic N) is 1. The van der Waals surface area contributed by atoms with Crippen LogP contribution in [0.15, 0.2) is 45.3 Å². The van der Waals surface area contributed by atoms with Crippen LogP contribution in [-0.2, 0) is 0 Å². The predicted molar refractivity (Wildman–Crippen MR) is 76.9 cm³/mol. The molecule has 0 aliphatic heterocycles. The van der Waals surface area contributed by atoms with Crippen LogP contribution in [0, 0.1) is 6.92 Å². The summed E-state index contributed by atoms with van der Waals surface area (Å²) in [6, 6.07) is 11.5. The van der Waals surface area contributed by atoms with Gasteiger partial charge in [-0.15, -0.1) is 0 Å². The second-order valence-corrected chi connectivity index (χ2v) is 5.44. The largest absolute Gasteiger partial charge is 0.436 e. The Morgan fingerprint density at radius 2 is 2.00 bits per heavy atom. The van der Waals surface area contributed by atoms with Gasteiger partial charge < -0.3 is 4.42 Å². The fraction of sp³-hybridized carbons (Fsp3) is 0.0714. The number of hydrogen-bond donors (Lipinski definition) is 0. The average molecular weight is 323 g/mol. The van der Waals surface area contributed by atoms with Gasteiger partial charge in [0.2, 0.25) is 5.89 Å². The molecule has 0 bridgehead atoms. The van der Waals surface area contributed by atoms with Crippen molar-refractivity contribution in [1.82, 2.24) is 4.98 Å². The topological polar surface area (TPSA) is 26.0 Å². The molecule has 3 aromatic rings. The zero-order valence-electron chi connectivity index (χ0n) is 9.58. The summed E-state index contributed by atoms with van der Waals surface area (Å²) >= 11 is 9.59. The van der Waals surface area contributed by atoms with Crippen LogP contribution in [0.2, 0.25) is 5.02 Å². The molecule has 0 saturated carbocycles. The van der Waals surface area contributed by atoms with E-state index in [1.165, 1.54) is 0 Å². The van der Waals surface area contributed by atoms with E-state index in [9.17, 15) is 0 Å². The highest BCUT2D eigenvalue weighted by Gasteiger charge is 2.12. The Balaban J connectivity index is 2.22. The van der Waals surface area contributed by atoms with Gasteiger partial charge in [0, 0.05) is 4.47 Å². The molecule has 0 radical (unpaired) electrons. The molecule has 0 aliphatic rings. The van der Waals surface area contributed by atoms with Gasteiger partial charge in [-0.1, -0.05) is 33.6 Å². The number of benzene rings is 2. The summed E-state index contributed by atoms with van der Waals surface area (Å²) in [6.07, 6.45) is 0. The quantitative estimate of drug-likeness (QED) is 0.614. The average Bonchev–Trinajstić information content (AvgIpc) is 2.74. The van der Waals surface area contributed by atoms with Gasteiger partial charge in [0.1, 0.15) is 5.52 Å². The first-order valence-corrected chi connectivity index (χ1v) is 6.63. The molecular formula is C14H9BrClNO. The molecule has 1 aromatic heterocycles. The third-order valence-electron chi connectivity index (χ3n) is 2.70. The van der Waals surface area contributed by atoms with E-state index in [1.54, 1.807) is 0 Å². The molecule has 3 rings (SSSR count). The van der Waals surface area contributed by atoms with Crippen molar-refractivity contribution >= 4 is 38.6 Å². The SMILES string of the molecule is Cc1ccc2oc(-c3cc(Br)ccc3Cl)nc2c1. The lowest BCUT2D eigenvalue weighted by atomic mass is 10.2. The first-order valence-electron chi connectivity index (χ1n) is 5.46. The van der Waals surface area contributed by atoms with Crippen molar-refractivity contribution < 1.29 is 4.42 Å². The second-order valence-electron chi connectivity index (χ2n) is 4.11. The van der Waals surface area contributed by atoms with Gasteiger partial charge in [0.25, 0.3) is 0 Å². The fourth-order valence-electron chi connectivity index (χ4n) is 1.81. The minimum Gasteiger partial charge on any atom is -0.436 e. The summed E-state index contributed by atoms with van der Waals surface area (Å²) in [6.45, 7) is 2.03. The van der Waals surface area contributed by atoms with E-state index in [0.717, 1.165) is 26.7 Å². The number of halogens is 2. The number of fused-ring (bicyclic) bond motifs is 1. The zero-order chi connectivity index (χ0) is 12.7. The number of aryl methyl sites for hydroxylation is 1. The van der Waals surface area contributed by atoms with Gasteiger partial charge in [0.05, 0.1) is 10.6 Å². The highest BCUT2D eigenvalue weighted by Crippen LogP contribution is 2.32. The van der Waals surface area contributed by atoms with Crippen molar-refractivity contribution in [2.24, 2.45) is 0 Å². The Labute approximate surface area is 118 Å². The molecule has 2 aromatic carbocycles. The minimum atomic E-state index is 0.543. The lowest BCUT2D eigenvalue weighted by molar-refractivity contribution is 0.620. The van der Waals surface area contributed by atoms with Crippen LogP contribution in [0.3, 0.4) is 0 Å². The molecule has 0 N–H and O–H groups in total. The van der Waals surface area contributed by atoms with Crippen molar-refractivity contribution in [3.8, 4) is 11.5 Å². The Bertz CT molecular complexity index is 736. The summed E-state index contributed by atoms with van der Waals surface area (Å²) < 4.78 is 6.67. The van der Waals surface area contributed by atoms with Crippen LogP contribution in [0.5, 0.6) is 0 Å². The highest BCUT2D eigenvalue weighted by atomic mass is 79.9. The second kappa shape index (κ2) is 4.41. The number of hydrogen-bond acceptors (Lipinski definition) is 2. The monoisotopic (exact) mass is 321 g/mol. The Hall–Kier alpha value is -1.32. The van der Waals surface area contributed by atoms with Crippen molar-refractivity contribution in [3.63, 3.8) is 0 Å². The molecule has 2 nitrogen and oxygen atoms in total. The van der Waals surface area contributed by atoms with Gasteiger partial charge in [-0.25, -0.2) is 4.98 Å². The summed E-state index contributed by atoms with van der Waals surface area (Å²) in [4.78, 5) is 4.47. The Morgan fingerprint density at radius 3 is 2.83 bits per heavy atom. The van der Waals surface area contributed by atoms with E-state index in [-0.39, 0.29) is 0 Å². The molecule has 90 valence electrons. The van der Waals surface area contributed by atoms with E-state index in [0.29, 0.717) is 10.9 Å². The van der Waals surface area contributed by atoms with Crippen molar-refractivity contribution in [1.29, 1.82) is 0 Å². The molecule has 0 amide bonds. The van der Waals surface area contributed by atoms with Crippen LogP contribution in [0.25, 0.3) is 22.6 Å². The molecule has 0 saturated heterocycles. The summed E-state index contributed by atoms with van der Waals surface area (Å²) in [5, 5.41) is 0.626. The molecule has 4 heteroatoms. The third kappa shape index (κ3) is 2.04. The molecule has 0 atom stereocenters. The van der Waals surface area contributed by atoms with Crippen molar-refractivity contribution in [2.75, 3.05) is 0 Å². The van der Waals surface area contributed by atoms with Crippen LogP contribution in [0.4, 0.5) is 0 Å². The maximum Gasteiger partial charge on any atom is 0.228 e. The van der Waals surface area contributed by atoms with Gasteiger partial charge in [-0.3, -0.25) is 0 Å². The maximum absolute atomic E-state index is 6.17. The summed E-state index contributed by atoms with van der Waals surface area (Å²) in [5.41, 5.74) is 3.57. The smallest absolute Gasteiger partial charge is 0.228 e. The third-order valence-corrected chi connectivity index (χ3v) is 3.52. The number of rotatable bonds is 1. The molecule has 1 heterocycles. The van der Waals surface area contributed by atoms with Crippen LogP contribution < -0.4 is 0 Å². The Morgan fingerprint density at radius 1 is 1.17 bits per heavy atom. The maximum atomic E-state index is 6.17. The zero-order valence-corrected chi connectivity index (χ0v) is 11.9. The normalized spacial score (nSPS) is 11.1. The summed E-state index contributed by atoms with van der Waals surface area (Å²) in [7, 11) is 0. The molecule has 18 heavy (non-hydrogen) atoms. The van der Waals surface area contributed by atoms with Crippen LogP contribution >= 0.6 is 27.5 Å². The van der Waals surface area contributed by atoms with Crippen molar-refractivity contribution in [3.05, 3.63) is 51.5 Å². The van der Waals surface area contributed by atoms with E-state index in [1.807, 2.05) is 43.3 Å². The number of aromatic nitrogens is 1. The van der Waals surface area contributed by atoms with Gasteiger partial charge in [-0.05, 0) is 42.8 Å². The standard InChI is InChI=1S/C14H9BrClNO/c1-8-2-5-13-12(6-8)17-14(18-13)10-7-9(15)3-4-11(10)16/h2-7H,1H3. The molecular weight excluding hydrogens is 314 g/mol. The highest BCUT2D eigenvalue weighted by molar-refractivity contribution is 9.10. The van der Waals surface area contributed by atoms with Gasteiger partial charge in [-0.2, -0.15) is 0 Å².